The lowest BCUT2D eigenvalue weighted by molar-refractivity contribution is 0.989. The average molecular weight is 683 g/mol. The Bertz CT molecular complexity index is 3080. The summed E-state index contributed by atoms with van der Waals surface area (Å²) in [4.78, 5) is 15.7. The van der Waals surface area contributed by atoms with Gasteiger partial charge in [-0.05, 0) is 83.3 Å². The quantitative estimate of drug-likeness (QED) is 0.186. The highest BCUT2D eigenvalue weighted by Gasteiger charge is 2.22. The third-order valence-corrected chi connectivity index (χ3v) is 11.6. The largest absolute Gasteiger partial charge is 0.308 e. The normalized spacial score (nSPS) is 12.8. The van der Waals surface area contributed by atoms with E-state index in [2.05, 4.69) is 144 Å². The van der Waals surface area contributed by atoms with Crippen LogP contribution >= 0.6 is 11.3 Å². The fourth-order valence-corrected chi connectivity index (χ4v) is 9.12. The van der Waals surface area contributed by atoms with Crippen LogP contribution in [-0.4, -0.2) is 19.5 Å². The number of fused-ring (bicyclic) bond motifs is 9. The maximum absolute atomic E-state index is 5.34. The highest BCUT2D eigenvalue weighted by atomic mass is 32.1. The van der Waals surface area contributed by atoms with Crippen molar-refractivity contribution in [3.63, 3.8) is 0 Å². The molecule has 0 saturated carbocycles. The minimum absolute atomic E-state index is 0.642. The first-order valence-electron chi connectivity index (χ1n) is 17.8. The van der Waals surface area contributed by atoms with E-state index in [-0.39, 0.29) is 0 Å². The number of nitrogens with zero attached hydrogens (tertiary/aromatic N) is 4. The van der Waals surface area contributed by atoms with Crippen molar-refractivity contribution >= 4 is 70.2 Å². The van der Waals surface area contributed by atoms with Crippen LogP contribution in [0.1, 0.15) is 17.5 Å². The summed E-state index contributed by atoms with van der Waals surface area (Å²) >= 11 is 1.82. The minimum atomic E-state index is 0.642. The molecule has 10 aromatic rings. The molecule has 0 fully saturated rings. The average Bonchev–Trinajstić information content (AvgIpc) is 3.76. The van der Waals surface area contributed by atoms with Crippen LogP contribution in [0.2, 0.25) is 0 Å². The van der Waals surface area contributed by atoms with Gasteiger partial charge in [-0.25, -0.2) is 15.0 Å². The molecule has 3 heterocycles. The van der Waals surface area contributed by atoms with Gasteiger partial charge in [-0.3, -0.25) is 0 Å². The molecule has 0 amide bonds. The SMILES string of the molecule is C1=Cc2c(ccc3c2c2ccccc2n3-c2cc3ccccc3cc2-c2nc(-c3ccccc3)nc(-c3ccc4sc5ccccc5c4c3)n2)CC1. The fourth-order valence-electron chi connectivity index (χ4n) is 8.04. The molecule has 7 aromatic carbocycles. The molecule has 52 heavy (non-hydrogen) atoms. The number of para-hydroxylation sites is 1. The van der Waals surface area contributed by atoms with Crippen LogP contribution < -0.4 is 0 Å². The van der Waals surface area contributed by atoms with Crippen molar-refractivity contribution < 1.29 is 0 Å². The van der Waals surface area contributed by atoms with Gasteiger partial charge in [-0.2, -0.15) is 0 Å². The van der Waals surface area contributed by atoms with E-state index in [4.69, 9.17) is 15.0 Å². The Morgan fingerprint density at radius 1 is 0.519 bits per heavy atom. The zero-order valence-corrected chi connectivity index (χ0v) is 28.9. The van der Waals surface area contributed by atoms with E-state index in [0.29, 0.717) is 17.5 Å². The smallest absolute Gasteiger partial charge is 0.166 e. The number of hydrogen-bond donors (Lipinski definition) is 0. The summed E-state index contributed by atoms with van der Waals surface area (Å²) in [6.45, 7) is 0. The minimum Gasteiger partial charge on any atom is -0.308 e. The van der Waals surface area contributed by atoms with Crippen LogP contribution in [0.3, 0.4) is 0 Å². The number of hydrogen-bond acceptors (Lipinski definition) is 4. The van der Waals surface area contributed by atoms with Crippen LogP contribution in [0.15, 0.2) is 152 Å². The maximum Gasteiger partial charge on any atom is 0.166 e. The Labute approximate surface area is 304 Å². The van der Waals surface area contributed by atoms with Gasteiger partial charge in [0.2, 0.25) is 0 Å². The number of allylic oxidation sites excluding steroid dienone is 1. The predicted octanol–water partition coefficient (Wildman–Crippen LogP) is 12.5. The zero-order valence-electron chi connectivity index (χ0n) is 28.1. The van der Waals surface area contributed by atoms with Crippen molar-refractivity contribution in [1.29, 1.82) is 0 Å². The molecule has 0 unspecified atom stereocenters. The Balaban J connectivity index is 1.22. The van der Waals surface area contributed by atoms with Crippen LogP contribution in [0.25, 0.3) is 98.7 Å². The van der Waals surface area contributed by atoms with E-state index in [1.807, 2.05) is 29.5 Å². The molecular formula is C47H30N4S. The molecule has 1 aliphatic carbocycles. The molecule has 1 aliphatic rings. The van der Waals surface area contributed by atoms with Crippen LogP contribution in [-0.2, 0) is 6.42 Å². The molecule has 0 bridgehead atoms. The van der Waals surface area contributed by atoms with E-state index >= 15 is 0 Å². The molecule has 11 rings (SSSR count). The summed E-state index contributed by atoms with van der Waals surface area (Å²) in [5.74, 6) is 1.95. The fraction of sp³-hybridized carbons (Fsp3) is 0.0426. The third kappa shape index (κ3) is 4.56. The first-order chi connectivity index (χ1) is 25.8. The molecule has 3 aromatic heterocycles. The van der Waals surface area contributed by atoms with Crippen molar-refractivity contribution in [3.8, 4) is 39.9 Å². The van der Waals surface area contributed by atoms with Gasteiger partial charge < -0.3 is 4.57 Å². The molecule has 244 valence electrons. The second-order valence-corrected chi connectivity index (χ2v) is 14.6. The molecule has 4 nitrogen and oxygen atoms in total. The lowest BCUT2D eigenvalue weighted by Crippen LogP contribution is -2.04. The van der Waals surface area contributed by atoms with Crippen LogP contribution in [0.5, 0.6) is 0 Å². The maximum atomic E-state index is 5.34. The lowest BCUT2D eigenvalue weighted by Gasteiger charge is -2.17. The number of thiophene rings is 1. The van der Waals surface area contributed by atoms with Crippen molar-refractivity contribution in [2.75, 3.05) is 0 Å². The van der Waals surface area contributed by atoms with E-state index in [0.717, 1.165) is 51.5 Å². The molecule has 5 heteroatoms. The summed E-state index contributed by atoms with van der Waals surface area (Å²) in [5.41, 5.74) is 8.98. The Morgan fingerprint density at radius 2 is 1.23 bits per heavy atom. The summed E-state index contributed by atoms with van der Waals surface area (Å²) in [6, 6.07) is 52.0. The molecule has 0 radical (unpaired) electrons. The molecule has 0 atom stereocenters. The molecule has 0 spiro atoms. The standard InChI is InChI=1S/C47H30N4S/c1-2-13-30(14-3-1)45-48-46(33-23-25-43-37(27-33)35-18-9-11-21-42(35)52-43)50-47(49-45)38-26-31-15-4-5-16-32(31)28-41(38)51-39-20-10-8-19-36(39)44-34-17-7-6-12-29(34)22-24-40(44)51/h1-5,7-11,13-28H,6,12H2. The predicted molar refractivity (Wildman–Crippen MR) is 218 cm³/mol. The van der Waals surface area contributed by atoms with Gasteiger partial charge in [0.05, 0.1) is 16.7 Å². The molecule has 0 N–H and O–H groups in total. The van der Waals surface area contributed by atoms with Crippen molar-refractivity contribution in [2.24, 2.45) is 0 Å². The lowest BCUT2D eigenvalue weighted by atomic mass is 9.93. The molecule has 0 aliphatic heterocycles. The van der Waals surface area contributed by atoms with Gasteiger partial charge in [0, 0.05) is 47.6 Å². The van der Waals surface area contributed by atoms with Gasteiger partial charge in [-0.1, -0.05) is 109 Å². The number of benzene rings is 7. The van der Waals surface area contributed by atoms with Gasteiger partial charge in [0.1, 0.15) is 0 Å². The highest BCUT2D eigenvalue weighted by Crippen LogP contribution is 2.42. The van der Waals surface area contributed by atoms with Gasteiger partial charge in [0.15, 0.2) is 17.5 Å². The Hall–Kier alpha value is -6.43. The first-order valence-corrected chi connectivity index (χ1v) is 18.6. The second kappa shape index (κ2) is 11.6. The number of aromatic nitrogens is 4. The summed E-state index contributed by atoms with van der Waals surface area (Å²) < 4.78 is 4.95. The molecular weight excluding hydrogens is 653 g/mol. The van der Waals surface area contributed by atoms with E-state index in [1.54, 1.807) is 0 Å². The van der Waals surface area contributed by atoms with Crippen molar-refractivity contribution in [3.05, 3.63) is 163 Å². The van der Waals surface area contributed by atoms with Gasteiger partial charge in [0.25, 0.3) is 0 Å². The highest BCUT2D eigenvalue weighted by molar-refractivity contribution is 7.25. The van der Waals surface area contributed by atoms with Gasteiger partial charge in [-0.15, -0.1) is 11.3 Å². The van der Waals surface area contributed by atoms with Crippen LogP contribution in [0, 0.1) is 0 Å². The van der Waals surface area contributed by atoms with Crippen molar-refractivity contribution in [1.82, 2.24) is 19.5 Å². The zero-order chi connectivity index (χ0) is 34.2. The van der Waals surface area contributed by atoms with E-state index in [9.17, 15) is 0 Å². The topological polar surface area (TPSA) is 43.6 Å². The number of aryl methyl sites for hydroxylation is 1. The van der Waals surface area contributed by atoms with Crippen molar-refractivity contribution in [2.45, 2.75) is 12.8 Å². The number of rotatable bonds is 4. The second-order valence-electron chi connectivity index (χ2n) is 13.5. The summed E-state index contributed by atoms with van der Waals surface area (Å²) in [5, 5.41) is 7.31. The van der Waals surface area contributed by atoms with Crippen LogP contribution in [0.4, 0.5) is 0 Å². The monoisotopic (exact) mass is 682 g/mol. The van der Waals surface area contributed by atoms with E-state index < -0.39 is 0 Å². The molecule has 0 saturated heterocycles. The Morgan fingerprint density at radius 3 is 2.12 bits per heavy atom. The Kier molecular flexibility index (Phi) is 6.51. The third-order valence-electron chi connectivity index (χ3n) is 10.5. The van der Waals surface area contributed by atoms with E-state index in [1.165, 1.54) is 47.6 Å². The summed E-state index contributed by atoms with van der Waals surface area (Å²) in [7, 11) is 0. The van der Waals surface area contributed by atoms with Gasteiger partial charge >= 0.3 is 0 Å². The summed E-state index contributed by atoms with van der Waals surface area (Å²) in [6.07, 6.45) is 6.76. The first kappa shape index (κ1) is 29.3.